The van der Waals surface area contributed by atoms with Gasteiger partial charge in [0, 0.05) is 0 Å². The number of halogens is 1. The molecule has 4 rings (SSSR count). The van der Waals surface area contributed by atoms with Crippen LogP contribution < -0.4 is 0 Å². The van der Waals surface area contributed by atoms with Crippen molar-refractivity contribution >= 4 is 0 Å². The third-order valence-corrected chi connectivity index (χ3v) is 4.28. The van der Waals surface area contributed by atoms with Crippen LogP contribution in [0.5, 0.6) is 0 Å². The van der Waals surface area contributed by atoms with E-state index in [1.807, 2.05) is 0 Å². The van der Waals surface area contributed by atoms with Gasteiger partial charge in [-0.25, -0.2) is 4.39 Å². The van der Waals surface area contributed by atoms with Gasteiger partial charge in [0.25, 0.3) is 0 Å². The van der Waals surface area contributed by atoms with Gasteiger partial charge in [0.05, 0.1) is 0 Å². The van der Waals surface area contributed by atoms with Crippen LogP contribution in [-0.4, -0.2) is 5.67 Å². The molecule has 0 N–H and O–H groups in total. The van der Waals surface area contributed by atoms with Crippen molar-refractivity contribution in [2.24, 2.45) is 17.3 Å². The summed E-state index contributed by atoms with van der Waals surface area (Å²) in [6.45, 7) is 2.30. The van der Waals surface area contributed by atoms with Crippen molar-refractivity contribution < 1.29 is 4.39 Å². The molecule has 0 spiro atoms. The van der Waals surface area contributed by atoms with Gasteiger partial charge in [-0.2, -0.15) is 0 Å². The Hall–Kier alpha value is -0.0700. The van der Waals surface area contributed by atoms with Crippen LogP contribution in [0.15, 0.2) is 0 Å². The second-order valence-electron chi connectivity index (χ2n) is 5.92. The molecule has 4 aliphatic rings. The van der Waals surface area contributed by atoms with Crippen molar-refractivity contribution in [2.45, 2.75) is 51.1 Å². The molecule has 4 aliphatic carbocycles. The molecule has 0 aliphatic heterocycles. The maximum Gasteiger partial charge on any atom is 0.112 e. The van der Waals surface area contributed by atoms with Gasteiger partial charge in [-0.15, -0.1) is 0 Å². The molecule has 0 amide bonds. The van der Waals surface area contributed by atoms with E-state index in [1.54, 1.807) is 0 Å². The molecule has 2 unspecified atom stereocenters. The average molecular weight is 168 g/mol. The van der Waals surface area contributed by atoms with E-state index in [2.05, 4.69) is 6.92 Å². The summed E-state index contributed by atoms with van der Waals surface area (Å²) in [6, 6.07) is 0. The predicted molar refractivity (Wildman–Crippen MR) is 46.6 cm³/mol. The summed E-state index contributed by atoms with van der Waals surface area (Å²) < 4.78 is 14.1. The number of rotatable bonds is 0. The molecule has 1 heteroatoms. The fourth-order valence-electron chi connectivity index (χ4n) is 4.60. The van der Waals surface area contributed by atoms with E-state index < -0.39 is 5.67 Å². The molecule has 4 saturated carbocycles. The van der Waals surface area contributed by atoms with E-state index >= 15 is 0 Å². The maximum absolute atomic E-state index is 14.1. The van der Waals surface area contributed by atoms with Crippen LogP contribution in [0.2, 0.25) is 0 Å². The monoisotopic (exact) mass is 168 g/mol. The van der Waals surface area contributed by atoms with Gasteiger partial charge in [-0.1, -0.05) is 6.92 Å². The highest BCUT2D eigenvalue weighted by Crippen LogP contribution is 2.62. The quantitative estimate of drug-likeness (QED) is 0.520. The Labute approximate surface area is 73.5 Å². The Bertz CT molecular complexity index is 187. The fourth-order valence-corrected chi connectivity index (χ4v) is 4.60. The molecule has 0 aromatic rings. The summed E-state index contributed by atoms with van der Waals surface area (Å²) in [6.07, 6.45) is 6.61. The van der Waals surface area contributed by atoms with Crippen molar-refractivity contribution in [3.8, 4) is 0 Å². The van der Waals surface area contributed by atoms with E-state index in [0.717, 1.165) is 31.1 Å². The van der Waals surface area contributed by atoms with Crippen LogP contribution in [0, 0.1) is 17.3 Å². The lowest BCUT2D eigenvalue weighted by Gasteiger charge is -2.58. The van der Waals surface area contributed by atoms with E-state index in [1.165, 1.54) is 19.3 Å². The Morgan fingerprint density at radius 1 is 1.08 bits per heavy atom. The third kappa shape index (κ3) is 0.884. The number of hydrogen-bond acceptors (Lipinski definition) is 0. The minimum atomic E-state index is -0.737. The van der Waals surface area contributed by atoms with Crippen molar-refractivity contribution in [3.05, 3.63) is 0 Å². The zero-order chi connectivity index (χ0) is 8.40. The molecule has 0 aromatic heterocycles. The maximum atomic E-state index is 14.1. The molecule has 0 nitrogen and oxygen atoms in total. The zero-order valence-corrected chi connectivity index (χ0v) is 7.78. The van der Waals surface area contributed by atoms with E-state index in [-0.39, 0.29) is 0 Å². The summed E-state index contributed by atoms with van der Waals surface area (Å²) in [4.78, 5) is 0. The molecule has 12 heavy (non-hydrogen) atoms. The first-order chi connectivity index (χ1) is 5.57. The normalized spacial score (nSPS) is 62.5. The first kappa shape index (κ1) is 7.34. The molecule has 4 atom stereocenters. The van der Waals surface area contributed by atoms with Crippen LogP contribution >= 0.6 is 0 Å². The Morgan fingerprint density at radius 2 is 1.67 bits per heavy atom. The lowest BCUT2D eigenvalue weighted by Crippen LogP contribution is -2.52. The highest BCUT2D eigenvalue weighted by atomic mass is 19.1. The topological polar surface area (TPSA) is 0 Å². The number of hydrogen-bond donors (Lipinski definition) is 0. The van der Waals surface area contributed by atoms with Crippen LogP contribution in [0.25, 0.3) is 0 Å². The Balaban J connectivity index is 1.98. The summed E-state index contributed by atoms with van der Waals surface area (Å²) in [5, 5.41) is 0. The SMILES string of the molecule is CC12C[C@H]3C[C@@H](C1)CC(F)(C3)C2. The second-order valence-corrected chi connectivity index (χ2v) is 5.92. The average Bonchev–Trinajstić information content (AvgIpc) is 1.75. The molecule has 0 radical (unpaired) electrons. The summed E-state index contributed by atoms with van der Waals surface area (Å²) in [5.41, 5.74) is -0.350. The largest absolute Gasteiger partial charge is 0.244 e. The van der Waals surface area contributed by atoms with Gasteiger partial charge in [0.1, 0.15) is 5.67 Å². The molecule has 0 heterocycles. The van der Waals surface area contributed by atoms with Gasteiger partial charge in [0.2, 0.25) is 0 Å². The number of alkyl halides is 1. The van der Waals surface area contributed by atoms with Gasteiger partial charge in [-0.3, -0.25) is 0 Å². The lowest BCUT2D eigenvalue weighted by atomic mass is 9.49. The molecular weight excluding hydrogens is 151 g/mol. The zero-order valence-electron chi connectivity index (χ0n) is 7.78. The smallest absolute Gasteiger partial charge is 0.112 e. The molecule has 4 fully saturated rings. The van der Waals surface area contributed by atoms with Crippen LogP contribution in [0.3, 0.4) is 0 Å². The van der Waals surface area contributed by atoms with E-state index in [0.29, 0.717) is 5.41 Å². The first-order valence-corrected chi connectivity index (χ1v) is 5.26. The van der Waals surface area contributed by atoms with Crippen molar-refractivity contribution in [2.75, 3.05) is 0 Å². The van der Waals surface area contributed by atoms with Crippen molar-refractivity contribution in [1.29, 1.82) is 0 Å². The Morgan fingerprint density at radius 3 is 2.08 bits per heavy atom. The van der Waals surface area contributed by atoms with Gasteiger partial charge >= 0.3 is 0 Å². The predicted octanol–water partition coefficient (Wildman–Crippen LogP) is 3.31. The summed E-state index contributed by atoms with van der Waals surface area (Å²) in [5.74, 6) is 1.47. The third-order valence-electron chi connectivity index (χ3n) is 4.28. The van der Waals surface area contributed by atoms with E-state index in [4.69, 9.17) is 0 Å². The van der Waals surface area contributed by atoms with E-state index in [9.17, 15) is 4.39 Å². The molecule has 4 bridgehead atoms. The minimum Gasteiger partial charge on any atom is -0.244 e. The summed E-state index contributed by atoms with van der Waals surface area (Å²) in [7, 11) is 0. The molecule has 0 saturated heterocycles. The van der Waals surface area contributed by atoms with Gasteiger partial charge in [-0.05, 0) is 55.8 Å². The van der Waals surface area contributed by atoms with Gasteiger partial charge in [0.15, 0.2) is 0 Å². The van der Waals surface area contributed by atoms with Gasteiger partial charge < -0.3 is 0 Å². The van der Waals surface area contributed by atoms with Crippen LogP contribution in [-0.2, 0) is 0 Å². The lowest BCUT2D eigenvalue weighted by molar-refractivity contribution is -0.115. The molecule has 0 aromatic carbocycles. The first-order valence-electron chi connectivity index (χ1n) is 5.26. The molecular formula is C11H17F. The van der Waals surface area contributed by atoms with Crippen LogP contribution in [0.4, 0.5) is 4.39 Å². The minimum absolute atomic E-state index is 0.388. The highest BCUT2D eigenvalue weighted by molar-refractivity contribution is 5.06. The van der Waals surface area contributed by atoms with Crippen molar-refractivity contribution in [1.82, 2.24) is 0 Å². The second kappa shape index (κ2) is 1.88. The highest BCUT2D eigenvalue weighted by Gasteiger charge is 2.56. The molecule has 68 valence electrons. The summed E-state index contributed by atoms with van der Waals surface area (Å²) >= 11 is 0. The van der Waals surface area contributed by atoms with Crippen LogP contribution in [0.1, 0.15) is 45.4 Å². The Kier molecular flexibility index (Phi) is 1.15. The fraction of sp³-hybridized carbons (Fsp3) is 1.00. The van der Waals surface area contributed by atoms with Crippen molar-refractivity contribution in [3.63, 3.8) is 0 Å². The standard InChI is InChI=1S/C11H17F/c1-10-3-8-2-9(4-10)6-11(12,5-8)7-10/h8-9H,2-7H2,1H3/t8-,9+,10?,11?.